The Kier molecular flexibility index (Phi) is 5.04. The van der Waals surface area contributed by atoms with Crippen LogP contribution >= 0.6 is 0 Å². The van der Waals surface area contributed by atoms with E-state index in [0.29, 0.717) is 41.7 Å². The summed E-state index contributed by atoms with van der Waals surface area (Å²) in [5.41, 5.74) is 3.44. The molecule has 1 aliphatic heterocycles. The van der Waals surface area contributed by atoms with Crippen LogP contribution in [0.3, 0.4) is 0 Å². The van der Waals surface area contributed by atoms with E-state index in [1.165, 1.54) is 0 Å². The number of aryl methyl sites for hydroxylation is 3. The van der Waals surface area contributed by atoms with Gasteiger partial charge in [0, 0.05) is 19.1 Å². The summed E-state index contributed by atoms with van der Waals surface area (Å²) in [4.78, 5) is 17.6. The topological polar surface area (TPSA) is 72.3 Å². The van der Waals surface area contributed by atoms with Gasteiger partial charge in [-0.25, -0.2) is 13.4 Å². The summed E-state index contributed by atoms with van der Waals surface area (Å²) in [6.07, 6.45) is 2.76. The number of nitrogens with zero attached hydrogens (tertiary/aromatic N) is 3. The molecule has 7 heteroatoms. The molecular formula is C22H25N3O3S. The van der Waals surface area contributed by atoms with E-state index in [9.17, 15) is 13.2 Å². The second-order valence-corrected chi connectivity index (χ2v) is 9.72. The van der Waals surface area contributed by atoms with Gasteiger partial charge in [0.05, 0.1) is 22.1 Å². The van der Waals surface area contributed by atoms with Crippen molar-refractivity contribution in [3.8, 4) is 0 Å². The maximum atomic E-state index is 13.2. The lowest BCUT2D eigenvalue weighted by Gasteiger charge is -2.32. The van der Waals surface area contributed by atoms with Gasteiger partial charge in [0.25, 0.3) is 5.56 Å². The SMILES string of the molecule is Cc1cc(C)c(S(=O)(=O)N2CCC(n3cnc4ccccc4c3=O)CC2)cc1C. The van der Waals surface area contributed by atoms with Crippen LogP contribution in [0.5, 0.6) is 0 Å². The Bertz CT molecular complexity index is 1240. The number of sulfonamides is 1. The molecule has 0 saturated carbocycles. The molecule has 0 spiro atoms. The first-order valence-electron chi connectivity index (χ1n) is 9.83. The molecule has 3 aromatic rings. The molecule has 0 aliphatic carbocycles. The number of piperidine rings is 1. The molecule has 1 aliphatic rings. The van der Waals surface area contributed by atoms with E-state index in [-0.39, 0.29) is 11.6 Å². The fourth-order valence-corrected chi connectivity index (χ4v) is 5.82. The number of fused-ring (bicyclic) bond motifs is 1. The predicted octanol–water partition coefficient (Wildman–Crippen LogP) is 3.35. The Morgan fingerprint density at radius 3 is 2.34 bits per heavy atom. The molecule has 152 valence electrons. The van der Waals surface area contributed by atoms with E-state index in [2.05, 4.69) is 4.98 Å². The number of hydrogen-bond acceptors (Lipinski definition) is 4. The largest absolute Gasteiger partial charge is 0.296 e. The van der Waals surface area contributed by atoms with Gasteiger partial charge in [-0.1, -0.05) is 18.2 Å². The van der Waals surface area contributed by atoms with E-state index >= 15 is 0 Å². The van der Waals surface area contributed by atoms with Crippen LogP contribution in [0, 0.1) is 20.8 Å². The van der Waals surface area contributed by atoms with Gasteiger partial charge < -0.3 is 0 Å². The average molecular weight is 412 g/mol. The summed E-state index contributed by atoms with van der Waals surface area (Å²) in [6.45, 7) is 6.53. The van der Waals surface area contributed by atoms with Gasteiger partial charge in [0.1, 0.15) is 0 Å². The van der Waals surface area contributed by atoms with Crippen LogP contribution in [-0.4, -0.2) is 35.4 Å². The predicted molar refractivity (Wildman–Crippen MR) is 114 cm³/mol. The van der Waals surface area contributed by atoms with E-state index in [0.717, 1.165) is 16.7 Å². The zero-order valence-electron chi connectivity index (χ0n) is 16.9. The molecule has 0 unspecified atom stereocenters. The molecule has 0 bridgehead atoms. The van der Waals surface area contributed by atoms with Crippen molar-refractivity contribution in [3.05, 3.63) is 69.8 Å². The van der Waals surface area contributed by atoms with Gasteiger partial charge in [-0.3, -0.25) is 9.36 Å². The van der Waals surface area contributed by atoms with E-state index in [4.69, 9.17) is 0 Å². The number of hydrogen-bond donors (Lipinski definition) is 0. The van der Waals surface area contributed by atoms with Crippen LogP contribution in [0.15, 0.2) is 52.4 Å². The quantitative estimate of drug-likeness (QED) is 0.663. The van der Waals surface area contributed by atoms with Crippen molar-refractivity contribution < 1.29 is 8.42 Å². The van der Waals surface area contributed by atoms with E-state index in [1.807, 2.05) is 45.0 Å². The fourth-order valence-electron chi connectivity index (χ4n) is 4.05. The first kappa shape index (κ1) is 19.8. The minimum atomic E-state index is -3.55. The first-order valence-corrected chi connectivity index (χ1v) is 11.3. The second kappa shape index (κ2) is 7.39. The van der Waals surface area contributed by atoms with Crippen molar-refractivity contribution in [2.75, 3.05) is 13.1 Å². The summed E-state index contributed by atoms with van der Waals surface area (Å²) in [5.74, 6) is 0. The van der Waals surface area contributed by atoms with Crippen LogP contribution in [0.4, 0.5) is 0 Å². The normalized spacial score (nSPS) is 16.4. The Balaban J connectivity index is 1.58. The second-order valence-electron chi connectivity index (χ2n) is 7.81. The van der Waals surface area contributed by atoms with Crippen molar-refractivity contribution in [1.82, 2.24) is 13.9 Å². The van der Waals surface area contributed by atoms with Crippen LogP contribution in [0.2, 0.25) is 0 Å². The molecule has 0 radical (unpaired) electrons. The standard InChI is InChI=1S/C22H25N3O3S/c1-15-12-17(3)21(13-16(15)2)29(27,28)24-10-8-18(9-11-24)25-14-23-20-7-5-4-6-19(20)22(25)26/h4-7,12-14,18H,8-11H2,1-3H3. The molecule has 6 nitrogen and oxygen atoms in total. The lowest BCUT2D eigenvalue weighted by Crippen LogP contribution is -2.41. The zero-order valence-corrected chi connectivity index (χ0v) is 17.7. The van der Waals surface area contributed by atoms with Gasteiger partial charge in [-0.15, -0.1) is 0 Å². The minimum Gasteiger partial charge on any atom is -0.296 e. The molecule has 0 atom stereocenters. The number of aromatic nitrogens is 2. The van der Waals surface area contributed by atoms with Gasteiger partial charge in [0.2, 0.25) is 10.0 Å². The van der Waals surface area contributed by atoms with Crippen molar-refractivity contribution in [1.29, 1.82) is 0 Å². The Morgan fingerprint density at radius 1 is 0.966 bits per heavy atom. The molecule has 0 N–H and O–H groups in total. The summed E-state index contributed by atoms with van der Waals surface area (Å²) in [6, 6.07) is 10.9. The maximum Gasteiger partial charge on any atom is 0.261 e. The summed E-state index contributed by atoms with van der Waals surface area (Å²) < 4.78 is 29.6. The molecule has 0 amide bonds. The smallest absolute Gasteiger partial charge is 0.261 e. The van der Waals surface area contributed by atoms with Crippen LogP contribution in [0.1, 0.15) is 35.6 Å². The minimum absolute atomic E-state index is 0.0492. The Hall–Kier alpha value is -2.51. The van der Waals surface area contributed by atoms with Crippen LogP contribution in [-0.2, 0) is 10.0 Å². The van der Waals surface area contributed by atoms with Crippen LogP contribution in [0.25, 0.3) is 10.9 Å². The van der Waals surface area contributed by atoms with Gasteiger partial charge in [0.15, 0.2) is 0 Å². The molecule has 2 aromatic carbocycles. The third kappa shape index (κ3) is 3.49. The Labute approximate surface area is 170 Å². The molecule has 2 heterocycles. The number of rotatable bonds is 3. The lowest BCUT2D eigenvalue weighted by atomic mass is 10.1. The molecule has 4 rings (SSSR count). The van der Waals surface area contributed by atoms with Gasteiger partial charge >= 0.3 is 0 Å². The maximum absolute atomic E-state index is 13.2. The highest BCUT2D eigenvalue weighted by atomic mass is 32.2. The number of benzene rings is 2. The first-order chi connectivity index (χ1) is 13.8. The van der Waals surface area contributed by atoms with Crippen molar-refractivity contribution >= 4 is 20.9 Å². The third-order valence-corrected chi connectivity index (χ3v) is 7.96. The van der Waals surface area contributed by atoms with Crippen molar-refractivity contribution in [3.63, 3.8) is 0 Å². The number of para-hydroxylation sites is 1. The summed E-state index contributed by atoms with van der Waals surface area (Å²) in [5, 5.41) is 0.593. The Morgan fingerprint density at radius 2 is 1.62 bits per heavy atom. The van der Waals surface area contributed by atoms with Crippen molar-refractivity contribution in [2.24, 2.45) is 0 Å². The highest BCUT2D eigenvalue weighted by Gasteiger charge is 2.31. The molecule has 1 fully saturated rings. The average Bonchev–Trinajstić information content (AvgIpc) is 2.71. The lowest BCUT2D eigenvalue weighted by molar-refractivity contribution is 0.269. The fraction of sp³-hybridized carbons (Fsp3) is 0.364. The molecule has 29 heavy (non-hydrogen) atoms. The highest BCUT2D eigenvalue weighted by molar-refractivity contribution is 7.89. The molecular weight excluding hydrogens is 386 g/mol. The van der Waals surface area contributed by atoms with E-state index < -0.39 is 10.0 Å². The molecule has 1 saturated heterocycles. The monoisotopic (exact) mass is 411 g/mol. The summed E-state index contributed by atoms with van der Waals surface area (Å²) in [7, 11) is -3.55. The third-order valence-electron chi connectivity index (χ3n) is 5.92. The van der Waals surface area contributed by atoms with Gasteiger partial charge in [-0.05, 0) is 68.5 Å². The van der Waals surface area contributed by atoms with Crippen LogP contribution < -0.4 is 5.56 Å². The molecule has 1 aromatic heterocycles. The highest BCUT2D eigenvalue weighted by Crippen LogP contribution is 2.29. The van der Waals surface area contributed by atoms with Crippen molar-refractivity contribution in [2.45, 2.75) is 44.6 Å². The van der Waals surface area contributed by atoms with E-state index in [1.54, 1.807) is 27.3 Å². The summed E-state index contributed by atoms with van der Waals surface area (Å²) >= 11 is 0. The zero-order chi connectivity index (χ0) is 20.8. The van der Waals surface area contributed by atoms with Gasteiger partial charge in [-0.2, -0.15) is 4.31 Å².